The molecule has 25 heavy (non-hydrogen) atoms. The van der Waals surface area contributed by atoms with Gasteiger partial charge in [0.2, 0.25) is 0 Å². The normalized spacial score (nSPS) is 13.1. The van der Waals surface area contributed by atoms with Gasteiger partial charge in [0, 0.05) is 0 Å². The Morgan fingerprint density at radius 1 is 1.00 bits per heavy atom. The van der Waals surface area contributed by atoms with Gasteiger partial charge in [-0.25, -0.2) is 4.79 Å². The maximum absolute atomic E-state index is 11.8. The number of ether oxygens (including phenoxy) is 3. The van der Waals surface area contributed by atoms with Gasteiger partial charge in [0.05, 0.1) is 12.2 Å². The van der Waals surface area contributed by atoms with E-state index in [0.29, 0.717) is 11.5 Å². The van der Waals surface area contributed by atoms with Crippen LogP contribution in [0.3, 0.4) is 0 Å². The Morgan fingerprint density at radius 3 is 2.48 bits per heavy atom. The van der Waals surface area contributed by atoms with Gasteiger partial charge in [0.15, 0.2) is 6.29 Å². The minimum absolute atomic E-state index is 0.189. The molecule has 134 valence electrons. The molecular formula is C21H26O4. The van der Waals surface area contributed by atoms with Crippen LogP contribution in [-0.4, -0.2) is 25.5 Å². The topological polar surface area (TPSA) is 44.8 Å². The molecule has 0 aliphatic carbocycles. The van der Waals surface area contributed by atoms with Crippen LogP contribution < -0.4 is 4.74 Å². The van der Waals surface area contributed by atoms with E-state index in [1.54, 1.807) is 24.3 Å². The van der Waals surface area contributed by atoms with E-state index in [9.17, 15) is 4.79 Å². The Kier molecular flexibility index (Phi) is 7.48. The predicted molar refractivity (Wildman–Crippen MR) is 97.9 cm³/mol. The summed E-state index contributed by atoms with van der Waals surface area (Å²) in [6.45, 7) is 6.66. The van der Waals surface area contributed by atoms with Crippen molar-refractivity contribution in [3.63, 3.8) is 0 Å². The molecule has 2 aromatic rings. The van der Waals surface area contributed by atoms with Gasteiger partial charge in [-0.05, 0) is 49.1 Å². The summed E-state index contributed by atoms with van der Waals surface area (Å²) >= 11 is 0. The van der Waals surface area contributed by atoms with Crippen molar-refractivity contribution in [2.75, 3.05) is 13.2 Å². The molecule has 0 spiro atoms. The van der Waals surface area contributed by atoms with Crippen LogP contribution in [0.1, 0.15) is 49.0 Å². The van der Waals surface area contributed by atoms with E-state index in [4.69, 9.17) is 14.2 Å². The van der Waals surface area contributed by atoms with Crippen LogP contribution in [-0.2, 0) is 9.47 Å². The molecule has 0 heterocycles. The third kappa shape index (κ3) is 6.24. The van der Waals surface area contributed by atoms with E-state index in [0.717, 1.165) is 12.2 Å². The molecule has 4 nitrogen and oxygen atoms in total. The first-order valence-corrected chi connectivity index (χ1v) is 8.70. The summed E-state index contributed by atoms with van der Waals surface area (Å²) in [6.07, 6.45) is 0.671. The standard InChI is InChI=1S/C21H26O4/c1-4-16(2)19-11-8-12-20(15-19)25-17(3)23-13-14-24-21(22)18-9-6-5-7-10-18/h5-12,15-17H,4,13-14H2,1-3H3. The van der Waals surface area contributed by atoms with Crippen molar-refractivity contribution in [2.45, 2.75) is 39.4 Å². The molecule has 0 bridgehead atoms. The Balaban J connectivity index is 1.72. The van der Waals surface area contributed by atoms with Crippen LogP contribution in [0.4, 0.5) is 0 Å². The zero-order chi connectivity index (χ0) is 18.1. The van der Waals surface area contributed by atoms with Gasteiger partial charge in [0.25, 0.3) is 0 Å². The highest BCUT2D eigenvalue weighted by atomic mass is 16.7. The molecular weight excluding hydrogens is 316 g/mol. The van der Waals surface area contributed by atoms with Crippen molar-refractivity contribution >= 4 is 5.97 Å². The fourth-order valence-electron chi connectivity index (χ4n) is 2.36. The summed E-state index contributed by atoms with van der Waals surface area (Å²) < 4.78 is 16.5. The van der Waals surface area contributed by atoms with E-state index in [2.05, 4.69) is 19.9 Å². The lowest BCUT2D eigenvalue weighted by Gasteiger charge is -2.17. The van der Waals surface area contributed by atoms with E-state index in [1.165, 1.54) is 5.56 Å². The van der Waals surface area contributed by atoms with Crippen molar-refractivity contribution in [1.82, 2.24) is 0 Å². The monoisotopic (exact) mass is 342 g/mol. The number of hydrogen-bond acceptors (Lipinski definition) is 4. The molecule has 0 N–H and O–H groups in total. The predicted octanol–water partition coefficient (Wildman–Crippen LogP) is 4.80. The van der Waals surface area contributed by atoms with E-state index in [1.807, 2.05) is 31.2 Å². The molecule has 2 rings (SSSR count). The molecule has 2 aromatic carbocycles. The smallest absolute Gasteiger partial charge is 0.338 e. The van der Waals surface area contributed by atoms with Crippen molar-refractivity contribution in [1.29, 1.82) is 0 Å². The molecule has 0 saturated carbocycles. The van der Waals surface area contributed by atoms with Crippen LogP contribution >= 0.6 is 0 Å². The van der Waals surface area contributed by atoms with E-state index >= 15 is 0 Å². The summed E-state index contributed by atoms with van der Waals surface area (Å²) in [5.41, 5.74) is 1.79. The second-order valence-electron chi connectivity index (χ2n) is 5.94. The molecule has 0 saturated heterocycles. The van der Waals surface area contributed by atoms with Crippen molar-refractivity contribution < 1.29 is 19.0 Å². The highest BCUT2D eigenvalue weighted by Gasteiger charge is 2.09. The maximum Gasteiger partial charge on any atom is 0.338 e. The number of benzene rings is 2. The maximum atomic E-state index is 11.8. The lowest BCUT2D eigenvalue weighted by Crippen LogP contribution is -2.20. The fraction of sp³-hybridized carbons (Fsp3) is 0.381. The Labute approximate surface area is 149 Å². The number of rotatable bonds is 9. The zero-order valence-corrected chi connectivity index (χ0v) is 15.1. The van der Waals surface area contributed by atoms with Crippen LogP contribution in [0.2, 0.25) is 0 Å². The van der Waals surface area contributed by atoms with Gasteiger partial charge in [-0.15, -0.1) is 0 Å². The van der Waals surface area contributed by atoms with Gasteiger partial charge < -0.3 is 14.2 Å². The van der Waals surface area contributed by atoms with Crippen molar-refractivity contribution in [2.24, 2.45) is 0 Å². The molecule has 0 fully saturated rings. The highest BCUT2D eigenvalue weighted by molar-refractivity contribution is 5.89. The number of carbonyl (C=O) groups excluding carboxylic acids is 1. The van der Waals surface area contributed by atoms with Crippen LogP contribution in [0.5, 0.6) is 5.75 Å². The number of esters is 1. The second-order valence-corrected chi connectivity index (χ2v) is 5.94. The van der Waals surface area contributed by atoms with Gasteiger partial charge in [0.1, 0.15) is 12.4 Å². The largest absolute Gasteiger partial charge is 0.465 e. The van der Waals surface area contributed by atoms with E-state index in [-0.39, 0.29) is 19.2 Å². The number of carbonyl (C=O) groups is 1. The van der Waals surface area contributed by atoms with E-state index < -0.39 is 6.29 Å². The Bertz CT molecular complexity index is 654. The molecule has 2 atom stereocenters. The first-order chi connectivity index (χ1) is 12.1. The summed E-state index contributed by atoms with van der Waals surface area (Å²) in [7, 11) is 0. The summed E-state index contributed by atoms with van der Waals surface area (Å²) in [6, 6.07) is 17.0. The number of hydrogen-bond donors (Lipinski definition) is 0. The molecule has 0 amide bonds. The molecule has 2 unspecified atom stereocenters. The molecule has 0 aromatic heterocycles. The third-order valence-corrected chi connectivity index (χ3v) is 4.02. The molecule has 4 heteroatoms. The van der Waals surface area contributed by atoms with Crippen molar-refractivity contribution in [3.8, 4) is 5.75 Å². The SMILES string of the molecule is CCC(C)c1cccc(OC(C)OCCOC(=O)c2ccccc2)c1. The third-order valence-electron chi connectivity index (χ3n) is 4.02. The van der Waals surface area contributed by atoms with Crippen molar-refractivity contribution in [3.05, 3.63) is 65.7 Å². The first kappa shape index (κ1) is 19.0. The van der Waals surface area contributed by atoms with Crippen LogP contribution in [0.15, 0.2) is 54.6 Å². The molecule has 0 aliphatic rings. The van der Waals surface area contributed by atoms with Gasteiger partial charge >= 0.3 is 5.97 Å². The average molecular weight is 342 g/mol. The van der Waals surface area contributed by atoms with Gasteiger partial charge in [-0.1, -0.05) is 44.2 Å². The fourth-order valence-corrected chi connectivity index (χ4v) is 2.36. The summed E-state index contributed by atoms with van der Waals surface area (Å²) in [5.74, 6) is 0.933. The Morgan fingerprint density at radius 2 is 1.76 bits per heavy atom. The van der Waals surface area contributed by atoms with Crippen LogP contribution in [0, 0.1) is 0 Å². The molecule has 0 aliphatic heterocycles. The Hall–Kier alpha value is -2.33. The van der Waals surface area contributed by atoms with Gasteiger partial charge in [-0.2, -0.15) is 0 Å². The highest BCUT2D eigenvalue weighted by Crippen LogP contribution is 2.23. The lowest BCUT2D eigenvalue weighted by atomic mass is 9.99. The molecule has 0 radical (unpaired) electrons. The average Bonchev–Trinajstić information content (AvgIpc) is 2.65. The zero-order valence-electron chi connectivity index (χ0n) is 15.1. The minimum Gasteiger partial charge on any atom is -0.465 e. The minimum atomic E-state index is -0.414. The summed E-state index contributed by atoms with van der Waals surface area (Å²) in [5, 5.41) is 0. The first-order valence-electron chi connectivity index (χ1n) is 8.70. The van der Waals surface area contributed by atoms with Crippen LogP contribution in [0.25, 0.3) is 0 Å². The summed E-state index contributed by atoms with van der Waals surface area (Å²) in [4.78, 5) is 11.8. The lowest BCUT2D eigenvalue weighted by molar-refractivity contribution is -0.0784. The quantitative estimate of drug-likeness (QED) is 0.373. The van der Waals surface area contributed by atoms with Gasteiger partial charge in [-0.3, -0.25) is 0 Å². The second kappa shape index (κ2) is 9.84.